The van der Waals surface area contributed by atoms with Crippen molar-refractivity contribution in [2.24, 2.45) is 10.4 Å². The largest absolute Gasteiger partial charge is 0.511 e. The molecule has 1 heterocycles. The van der Waals surface area contributed by atoms with Crippen LogP contribution in [0.15, 0.2) is 4.99 Å². The van der Waals surface area contributed by atoms with Gasteiger partial charge in [0.25, 0.3) is 0 Å². The van der Waals surface area contributed by atoms with Crippen LogP contribution in [0.25, 0.3) is 0 Å². The van der Waals surface area contributed by atoms with Crippen molar-refractivity contribution >= 4 is 16.0 Å². The molecule has 0 amide bonds. The Kier molecular flexibility index (Phi) is 6.24. The normalized spacial score (nSPS) is 23.6. The molecule has 146 valence electrons. The summed E-state index contributed by atoms with van der Waals surface area (Å²) in [5.41, 5.74) is -4.98. The Balaban J connectivity index is 1.82. The summed E-state index contributed by atoms with van der Waals surface area (Å²) in [6, 6.07) is -0.0951. The van der Waals surface area contributed by atoms with Crippen LogP contribution in [0.1, 0.15) is 45.4 Å². The molecule has 0 bridgehead atoms. The highest BCUT2D eigenvalue weighted by Crippen LogP contribution is 2.36. The Morgan fingerprint density at radius 1 is 1.24 bits per heavy atom. The van der Waals surface area contributed by atoms with Crippen molar-refractivity contribution in [3.63, 3.8) is 0 Å². The molecule has 1 saturated heterocycles. The van der Waals surface area contributed by atoms with E-state index in [1.165, 1.54) is 25.7 Å². The van der Waals surface area contributed by atoms with Crippen molar-refractivity contribution in [3.8, 4) is 0 Å². The molecule has 0 aromatic rings. The number of guanidine groups is 1. The molecule has 0 spiro atoms. The number of alkyl halides is 3. The molecule has 25 heavy (non-hydrogen) atoms. The quantitative estimate of drug-likeness (QED) is 0.575. The number of sulfonamides is 1. The van der Waals surface area contributed by atoms with Crippen LogP contribution in [0, 0.1) is 5.41 Å². The fourth-order valence-electron chi connectivity index (χ4n) is 3.48. The third-order valence-corrected chi connectivity index (χ3v) is 6.77. The standard InChI is InChI=1S/C15H27F3N4O2S/c1-14(7-3-4-8-14)11-20-13(19-2)21-12-5-9-22(10-6-12)25(23,24)15(16,17)18/h12H,3-11H2,1-2H3,(H2,19,20,21). The third kappa shape index (κ3) is 4.99. The van der Waals surface area contributed by atoms with E-state index >= 15 is 0 Å². The average molecular weight is 384 g/mol. The lowest BCUT2D eigenvalue weighted by molar-refractivity contribution is -0.0494. The molecule has 0 unspecified atom stereocenters. The van der Waals surface area contributed by atoms with Gasteiger partial charge in [-0.15, -0.1) is 0 Å². The lowest BCUT2D eigenvalue weighted by Gasteiger charge is -2.33. The fourth-order valence-corrected chi connectivity index (χ4v) is 4.46. The maximum absolute atomic E-state index is 12.6. The molecule has 2 fully saturated rings. The van der Waals surface area contributed by atoms with Gasteiger partial charge in [0.15, 0.2) is 5.96 Å². The van der Waals surface area contributed by atoms with Crippen molar-refractivity contribution in [2.75, 3.05) is 26.7 Å². The minimum Gasteiger partial charge on any atom is -0.356 e. The average Bonchev–Trinajstić information content (AvgIpc) is 2.98. The molecule has 1 aliphatic heterocycles. The van der Waals surface area contributed by atoms with Crippen molar-refractivity contribution in [3.05, 3.63) is 0 Å². The number of rotatable bonds is 4. The Hall–Kier alpha value is -1.03. The van der Waals surface area contributed by atoms with Crippen LogP contribution in [0.5, 0.6) is 0 Å². The van der Waals surface area contributed by atoms with E-state index < -0.39 is 15.5 Å². The number of hydrogen-bond acceptors (Lipinski definition) is 3. The zero-order valence-electron chi connectivity index (χ0n) is 14.7. The summed E-state index contributed by atoms with van der Waals surface area (Å²) in [5, 5.41) is 6.49. The van der Waals surface area contributed by atoms with Crippen LogP contribution in [0.2, 0.25) is 0 Å². The maximum Gasteiger partial charge on any atom is 0.511 e. The van der Waals surface area contributed by atoms with E-state index in [1.54, 1.807) is 7.05 Å². The predicted molar refractivity (Wildman–Crippen MR) is 90.6 cm³/mol. The van der Waals surface area contributed by atoms with E-state index in [-0.39, 0.29) is 24.5 Å². The van der Waals surface area contributed by atoms with Gasteiger partial charge < -0.3 is 10.6 Å². The monoisotopic (exact) mass is 384 g/mol. The molecule has 10 heteroatoms. The Morgan fingerprint density at radius 3 is 2.28 bits per heavy atom. The highest BCUT2D eigenvalue weighted by Gasteiger charge is 2.50. The van der Waals surface area contributed by atoms with Crippen molar-refractivity contribution in [2.45, 2.75) is 57.0 Å². The molecule has 0 radical (unpaired) electrons. The second-order valence-electron chi connectivity index (χ2n) is 7.21. The smallest absolute Gasteiger partial charge is 0.356 e. The van der Waals surface area contributed by atoms with Crippen LogP contribution in [0.3, 0.4) is 0 Å². The SMILES string of the molecule is CN=C(NCC1(C)CCCC1)NC1CCN(S(=O)(=O)C(F)(F)F)CC1. The van der Waals surface area contributed by atoms with E-state index in [1.807, 2.05) is 0 Å². The summed E-state index contributed by atoms with van der Waals surface area (Å²) < 4.78 is 61.1. The molecule has 2 rings (SSSR count). The number of aliphatic imine (C=N–C) groups is 1. The molecule has 1 aliphatic carbocycles. The highest BCUT2D eigenvalue weighted by molar-refractivity contribution is 7.90. The maximum atomic E-state index is 12.6. The molecule has 2 N–H and O–H groups in total. The van der Waals surface area contributed by atoms with Crippen LogP contribution in [-0.2, 0) is 10.0 Å². The summed E-state index contributed by atoms with van der Waals surface area (Å²) >= 11 is 0. The van der Waals surface area contributed by atoms with Crippen molar-refractivity contribution in [1.29, 1.82) is 0 Å². The minimum absolute atomic E-state index is 0.0951. The van der Waals surface area contributed by atoms with Crippen LogP contribution < -0.4 is 10.6 Å². The number of piperidine rings is 1. The van der Waals surface area contributed by atoms with Gasteiger partial charge in [-0.25, -0.2) is 8.42 Å². The molecule has 0 atom stereocenters. The van der Waals surface area contributed by atoms with Gasteiger partial charge in [-0.1, -0.05) is 19.8 Å². The van der Waals surface area contributed by atoms with Crippen molar-refractivity contribution in [1.82, 2.24) is 14.9 Å². The topological polar surface area (TPSA) is 73.8 Å². The summed E-state index contributed by atoms with van der Waals surface area (Å²) in [7, 11) is -3.58. The van der Waals surface area contributed by atoms with Crippen LogP contribution >= 0.6 is 0 Å². The number of nitrogens with zero attached hydrogens (tertiary/aromatic N) is 2. The van der Waals surface area contributed by atoms with Crippen LogP contribution in [-0.4, -0.2) is 56.9 Å². The predicted octanol–water partition coefficient (Wildman–Crippen LogP) is 2.05. The van der Waals surface area contributed by atoms with Gasteiger partial charge in [0.1, 0.15) is 0 Å². The van der Waals surface area contributed by atoms with E-state index in [4.69, 9.17) is 0 Å². The fraction of sp³-hybridized carbons (Fsp3) is 0.933. The second-order valence-corrected chi connectivity index (χ2v) is 9.14. The molecule has 1 saturated carbocycles. The Morgan fingerprint density at radius 2 is 1.80 bits per heavy atom. The lowest BCUT2D eigenvalue weighted by atomic mass is 9.89. The summed E-state index contributed by atoms with van der Waals surface area (Å²) in [4.78, 5) is 4.16. The zero-order chi connectivity index (χ0) is 18.7. The van der Waals surface area contributed by atoms with Crippen molar-refractivity contribution < 1.29 is 21.6 Å². The lowest BCUT2D eigenvalue weighted by Crippen LogP contribution is -2.52. The van der Waals surface area contributed by atoms with Crippen LogP contribution in [0.4, 0.5) is 13.2 Å². The van der Waals surface area contributed by atoms with Gasteiger partial charge in [-0.2, -0.15) is 17.5 Å². The zero-order valence-corrected chi connectivity index (χ0v) is 15.5. The molecule has 6 nitrogen and oxygen atoms in total. The van der Waals surface area contributed by atoms with E-state index in [9.17, 15) is 21.6 Å². The Labute approximate surface area is 147 Å². The minimum atomic E-state index is -5.23. The summed E-state index contributed by atoms with van der Waals surface area (Å²) in [6.07, 6.45) is 5.43. The van der Waals surface area contributed by atoms with Gasteiger partial charge in [-0.05, 0) is 31.1 Å². The first-order chi connectivity index (χ1) is 11.6. The van der Waals surface area contributed by atoms with Gasteiger partial charge in [-0.3, -0.25) is 4.99 Å². The molecule has 2 aliphatic rings. The first-order valence-electron chi connectivity index (χ1n) is 8.61. The first kappa shape index (κ1) is 20.3. The van der Waals surface area contributed by atoms with Gasteiger partial charge >= 0.3 is 15.5 Å². The third-order valence-electron chi connectivity index (χ3n) is 5.14. The van der Waals surface area contributed by atoms with E-state index in [2.05, 4.69) is 22.5 Å². The number of halogens is 3. The Bertz CT molecular complexity index is 578. The van der Waals surface area contributed by atoms with E-state index in [0.29, 0.717) is 23.1 Å². The van der Waals surface area contributed by atoms with E-state index in [0.717, 1.165) is 6.54 Å². The van der Waals surface area contributed by atoms with Gasteiger partial charge in [0.05, 0.1) is 0 Å². The summed E-state index contributed by atoms with van der Waals surface area (Å²) in [6.45, 7) is 2.75. The molecular weight excluding hydrogens is 357 g/mol. The molecule has 0 aromatic heterocycles. The second kappa shape index (κ2) is 7.69. The number of hydrogen-bond donors (Lipinski definition) is 2. The van der Waals surface area contributed by atoms with Gasteiger partial charge in [0, 0.05) is 32.7 Å². The first-order valence-corrected chi connectivity index (χ1v) is 10.0. The highest BCUT2D eigenvalue weighted by atomic mass is 32.2. The molecule has 0 aromatic carbocycles. The summed E-state index contributed by atoms with van der Waals surface area (Å²) in [5.74, 6) is 0.616. The number of nitrogens with one attached hydrogen (secondary N) is 2. The van der Waals surface area contributed by atoms with Gasteiger partial charge in [0.2, 0.25) is 0 Å². The molecular formula is C15H27F3N4O2S.